The highest BCUT2D eigenvalue weighted by Crippen LogP contribution is 2.20. The molecule has 0 unspecified atom stereocenters. The predicted molar refractivity (Wildman–Crippen MR) is 50.1 cm³/mol. The molecule has 1 aromatic heterocycles. The van der Waals surface area contributed by atoms with Gasteiger partial charge in [-0.2, -0.15) is 0 Å². The van der Waals surface area contributed by atoms with E-state index >= 15 is 0 Å². The zero-order valence-electron chi connectivity index (χ0n) is 6.17. The van der Waals surface area contributed by atoms with Crippen molar-refractivity contribution in [2.75, 3.05) is 11.5 Å². The molecule has 1 aromatic rings. The van der Waals surface area contributed by atoms with E-state index in [9.17, 15) is 0 Å². The summed E-state index contributed by atoms with van der Waals surface area (Å²) in [5.74, 6) is 0.979. The summed E-state index contributed by atoms with van der Waals surface area (Å²) in [6.45, 7) is 2.06. The van der Waals surface area contributed by atoms with Gasteiger partial charge in [0.05, 0.1) is 5.03 Å². The molecule has 0 aliphatic rings. The molecule has 60 valence electrons. The van der Waals surface area contributed by atoms with Gasteiger partial charge in [0.15, 0.2) is 0 Å². The Morgan fingerprint density at radius 2 is 2.36 bits per heavy atom. The summed E-state index contributed by atoms with van der Waals surface area (Å²) in [7, 11) is 0. The van der Waals surface area contributed by atoms with Gasteiger partial charge >= 0.3 is 0 Å². The van der Waals surface area contributed by atoms with Crippen LogP contribution in [0.2, 0.25) is 5.15 Å². The molecule has 0 atom stereocenters. The number of pyridine rings is 1. The molecular formula is C7H9ClN2S. The number of aromatic nitrogens is 1. The zero-order valence-corrected chi connectivity index (χ0v) is 7.75. The number of rotatable bonds is 2. The third-order valence-corrected chi connectivity index (χ3v) is 2.07. The van der Waals surface area contributed by atoms with E-state index in [1.165, 1.54) is 0 Å². The number of halogens is 1. The molecule has 2 nitrogen and oxygen atoms in total. The first-order valence-electron chi connectivity index (χ1n) is 3.28. The standard InChI is InChI=1S/C7H9ClN2S/c1-2-11-7-4-5(9)3-6(8)10-7/h3-4H,2H2,1H3,(H2,9,10). The van der Waals surface area contributed by atoms with E-state index in [-0.39, 0.29) is 0 Å². The van der Waals surface area contributed by atoms with E-state index < -0.39 is 0 Å². The molecule has 0 amide bonds. The Bertz CT molecular complexity index is 232. The van der Waals surface area contributed by atoms with Crippen molar-refractivity contribution < 1.29 is 0 Å². The maximum Gasteiger partial charge on any atom is 0.132 e. The Labute approximate surface area is 75.1 Å². The van der Waals surface area contributed by atoms with Crippen molar-refractivity contribution in [2.45, 2.75) is 11.9 Å². The van der Waals surface area contributed by atoms with E-state index in [1.54, 1.807) is 17.8 Å². The Balaban J connectivity index is 2.89. The zero-order chi connectivity index (χ0) is 8.27. The second kappa shape index (κ2) is 3.83. The van der Waals surface area contributed by atoms with Crippen molar-refractivity contribution in [3.05, 3.63) is 17.3 Å². The lowest BCUT2D eigenvalue weighted by atomic mass is 10.4. The summed E-state index contributed by atoms with van der Waals surface area (Å²) in [5.41, 5.74) is 6.22. The molecule has 0 bridgehead atoms. The predicted octanol–water partition coefficient (Wildman–Crippen LogP) is 2.43. The van der Waals surface area contributed by atoms with E-state index in [1.807, 2.05) is 6.07 Å². The number of hydrogen-bond donors (Lipinski definition) is 1. The minimum absolute atomic E-state index is 0.459. The Morgan fingerprint density at radius 1 is 1.64 bits per heavy atom. The van der Waals surface area contributed by atoms with Gasteiger partial charge in [0.1, 0.15) is 5.15 Å². The van der Waals surface area contributed by atoms with Gasteiger partial charge in [-0.15, -0.1) is 11.8 Å². The smallest absolute Gasteiger partial charge is 0.132 e. The molecule has 0 aromatic carbocycles. The minimum Gasteiger partial charge on any atom is -0.399 e. The molecule has 0 aliphatic heterocycles. The average Bonchev–Trinajstić information content (AvgIpc) is 1.85. The molecule has 1 rings (SSSR count). The molecule has 0 saturated carbocycles. The van der Waals surface area contributed by atoms with Gasteiger partial charge in [0, 0.05) is 5.69 Å². The maximum atomic E-state index is 5.68. The number of thioether (sulfide) groups is 1. The highest BCUT2D eigenvalue weighted by atomic mass is 35.5. The van der Waals surface area contributed by atoms with Crippen molar-refractivity contribution in [3.63, 3.8) is 0 Å². The topological polar surface area (TPSA) is 38.9 Å². The number of nitrogen functional groups attached to an aromatic ring is 1. The first-order chi connectivity index (χ1) is 5.22. The molecule has 4 heteroatoms. The van der Waals surface area contributed by atoms with Gasteiger partial charge in [-0.1, -0.05) is 18.5 Å². The van der Waals surface area contributed by atoms with Gasteiger partial charge in [-0.05, 0) is 17.9 Å². The van der Waals surface area contributed by atoms with Crippen molar-refractivity contribution in [3.8, 4) is 0 Å². The number of nitrogens with zero attached hydrogens (tertiary/aromatic N) is 1. The van der Waals surface area contributed by atoms with Crippen LogP contribution in [-0.2, 0) is 0 Å². The second-order valence-corrected chi connectivity index (χ2v) is 3.67. The largest absolute Gasteiger partial charge is 0.399 e. The molecule has 11 heavy (non-hydrogen) atoms. The molecule has 1 heterocycles. The number of hydrogen-bond acceptors (Lipinski definition) is 3. The van der Waals surface area contributed by atoms with Crippen molar-refractivity contribution in [2.24, 2.45) is 0 Å². The monoisotopic (exact) mass is 188 g/mol. The molecule has 0 aliphatic carbocycles. The number of anilines is 1. The van der Waals surface area contributed by atoms with Crippen LogP contribution in [-0.4, -0.2) is 10.7 Å². The van der Waals surface area contributed by atoms with Crippen LogP contribution in [0, 0.1) is 0 Å². The third kappa shape index (κ3) is 2.60. The van der Waals surface area contributed by atoms with Crippen LogP contribution in [0.4, 0.5) is 5.69 Å². The highest BCUT2D eigenvalue weighted by molar-refractivity contribution is 7.99. The van der Waals surface area contributed by atoms with Crippen LogP contribution in [0.5, 0.6) is 0 Å². The summed E-state index contributed by atoms with van der Waals surface area (Å²) in [6.07, 6.45) is 0. The molecule has 0 fully saturated rings. The third-order valence-electron chi connectivity index (χ3n) is 1.09. The van der Waals surface area contributed by atoms with Gasteiger partial charge in [0.2, 0.25) is 0 Å². The molecular weight excluding hydrogens is 180 g/mol. The van der Waals surface area contributed by atoms with Gasteiger partial charge in [-0.3, -0.25) is 0 Å². The lowest BCUT2D eigenvalue weighted by molar-refractivity contribution is 1.14. The summed E-state index contributed by atoms with van der Waals surface area (Å²) < 4.78 is 0. The normalized spacial score (nSPS) is 10.0. The van der Waals surface area contributed by atoms with Crippen LogP contribution in [0.25, 0.3) is 0 Å². The van der Waals surface area contributed by atoms with Crippen LogP contribution in [0.1, 0.15) is 6.92 Å². The van der Waals surface area contributed by atoms with Crippen LogP contribution in [0.3, 0.4) is 0 Å². The average molecular weight is 189 g/mol. The SMILES string of the molecule is CCSc1cc(N)cc(Cl)n1. The Kier molecular flexibility index (Phi) is 3.02. The molecule has 0 radical (unpaired) electrons. The van der Waals surface area contributed by atoms with Gasteiger partial charge < -0.3 is 5.73 Å². The minimum atomic E-state index is 0.459. The first-order valence-corrected chi connectivity index (χ1v) is 4.64. The summed E-state index contributed by atoms with van der Waals surface area (Å²) in [6, 6.07) is 3.46. The van der Waals surface area contributed by atoms with Crippen molar-refractivity contribution >= 4 is 29.1 Å². The van der Waals surface area contributed by atoms with Gasteiger partial charge in [-0.25, -0.2) is 4.98 Å². The Hall–Kier alpha value is -0.410. The lowest BCUT2D eigenvalue weighted by Crippen LogP contribution is -1.88. The fraction of sp³-hybridized carbons (Fsp3) is 0.286. The molecule has 0 saturated heterocycles. The summed E-state index contributed by atoms with van der Waals surface area (Å²) >= 11 is 7.31. The van der Waals surface area contributed by atoms with Crippen LogP contribution >= 0.6 is 23.4 Å². The second-order valence-electron chi connectivity index (χ2n) is 1.99. The molecule has 0 spiro atoms. The fourth-order valence-electron chi connectivity index (χ4n) is 0.713. The maximum absolute atomic E-state index is 5.68. The van der Waals surface area contributed by atoms with E-state index in [0.717, 1.165) is 10.8 Å². The molecule has 2 N–H and O–H groups in total. The Morgan fingerprint density at radius 3 is 2.91 bits per heavy atom. The van der Waals surface area contributed by atoms with Crippen LogP contribution < -0.4 is 5.73 Å². The first kappa shape index (κ1) is 8.68. The number of nitrogens with two attached hydrogens (primary N) is 1. The quantitative estimate of drug-likeness (QED) is 0.573. The van der Waals surface area contributed by atoms with Crippen LogP contribution in [0.15, 0.2) is 17.2 Å². The van der Waals surface area contributed by atoms with Crippen molar-refractivity contribution in [1.82, 2.24) is 4.98 Å². The summed E-state index contributed by atoms with van der Waals surface area (Å²) in [4.78, 5) is 4.07. The van der Waals surface area contributed by atoms with E-state index in [2.05, 4.69) is 11.9 Å². The highest BCUT2D eigenvalue weighted by Gasteiger charge is 1.97. The lowest BCUT2D eigenvalue weighted by Gasteiger charge is -1.99. The van der Waals surface area contributed by atoms with E-state index in [4.69, 9.17) is 17.3 Å². The van der Waals surface area contributed by atoms with E-state index in [0.29, 0.717) is 10.8 Å². The summed E-state index contributed by atoms with van der Waals surface area (Å²) in [5, 5.41) is 1.35. The van der Waals surface area contributed by atoms with Crippen molar-refractivity contribution in [1.29, 1.82) is 0 Å². The fourth-order valence-corrected chi connectivity index (χ4v) is 1.66. The van der Waals surface area contributed by atoms with Gasteiger partial charge in [0.25, 0.3) is 0 Å².